The Morgan fingerprint density at radius 2 is 1.90 bits per heavy atom. The van der Waals surface area contributed by atoms with E-state index < -0.39 is 24.9 Å². The zero-order valence-corrected chi connectivity index (χ0v) is 12.4. The molecule has 0 aliphatic carbocycles. The van der Waals surface area contributed by atoms with Crippen molar-refractivity contribution >= 4 is 5.91 Å². The van der Waals surface area contributed by atoms with Crippen LogP contribution in [0.15, 0.2) is 0 Å². The largest absolute Gasteiger partial charge is 0.389 e. The summed E-state index contributed by atoms with van der Waals surface area (Å²) in [5.41, 5.74) is 0. The van der Waals surface area contributed by atoms with Crippen molar-refractivity contribution in [1.29, 1.82) is 0 Å². The van der Waals surface area contributed by atoms with E-state index >= 15 is 0 Å². The third-order valence-corrected chi connectivity index (χ3v) is 4.70. The Labute approximate surface area is 124 Å². The molecular weight excluding hydrogens is 281 g/mol. The molecule has 1 amide bonds. The lowest BCUT2D eigenvalue weighted by molar-refractivity contribution is -0.144. The SMILES string of the molecule is O=C(CCC(F)(F)F)NCC[C@@H]1CCCN2CCCC[C@H]12. The maximum Gasteiger partial charge on any atom is 0.389 e. The van der Waals surface area contributed by atoms with Crippen LogP contribution in [0.2, 0.25) is 0 Å². The summed E-state index contributed by atoms with van der Waals surface area (Å²) in [6.07, 6.45) is 1.31. The standard InChI is InChI=1S/C15H25F3N2O/c16-15(17,18)8-6-14(21)19-9-7-12-4-3-11-20-10-2-1-5-13(12)20/h12-13H,1-11H2,(H,19,21)/t12-,13+/m0/s1. The van der Waals surface area contributed by atoms with Gasteiger partial charge in [0, 0.05) is 19.0 Å². The number of alkyl halides is 3. The molecule has 21 heavy (non-hydrogen) atoms. The molecular formula is C15H25F3N2O. The summed E-state index contributed by atoms with van der Waals surface area (Å²) in [5, 5.41) is 2.64. The molecule has 1 N–H and O–H groups in total. The highest BCUT2D eigenvalue weighted by Gasteiger charge is 2.32. The van der Waals surface area contributed by atoms with Crippen LogP contribution in [-0.2, 0) is 4.79 Å². The first kappa shape index (κ1) is 16.6. The predicted octanol–water partition coefficient (Wildman–Crippen LogP) is 3.10. The summed E-state index contributed by atoms with van der Waals surface area (Å²) in [5.74, 6) is 0.102. The van der Waals surface area contributed by atoms with E-state index in [2.05, 4.69) is 10.2 Å². The van der Waals surface area contributed by atoms with Crippen LogP contribution in [0, 0.1) is 5.92 Å². The maximum atomic E-state index is 12.0. The molecule has 0 unspecified atom stereocenters. The van der Waals surface area contributed by atoms with Gasteiger partial charge in [0.15, 0.2) is 0 Å². The van der Waals surface area contributed by atoms with E-state index in [-0.39, 0.29) is 0 Å². The number of carbonyl (C=O) groups excluding carboxylic acids is 1. The van der Waals surface area contributed by atoms with Gasteiger partial charge in [0.05, 0.1) is 6.42 Å². The highest BCUT2D eigenvalue weighted by Crippen LogP contribution is 2.32. The van der Waals surface area contributed by atoms with Crippen molar-refractivity contribution in [2.45, 2.75) is 63.6 Å². The van der Waals surface area contributed by atoms with Gasteiger partial charge in [-0.1, -0.05) is 6.42 Å². The fourth-order valence-corrected chi connectivity index (χ4v) is 3.65. The third kappa shape index (κ3) is 5.49. The molecule has 3 nitrogen and oxygen atoms in total. The van der Waals surface area contributed by atoms with Crippen molar-refractivity contribution in [3.8, 4) is 0 Å². The number of hydrogen-bond acceptors (Lipinski definition) is 2. The van der Waals surface area contributed by atoms with E-state index in [0.717, 1.165) is 6.42 Å². The molecule has 2 heterocycles. The lowest BCUT2D eigenvalue weighted by Crippen LogP contribution is -2.48. The molecule has 0 radical (unpaired) electrons. The van der Waals surface area contributed by atoms with Gasteiger partial charge in [0.2, 0.25) is 5.91 Å². The Kier molecular flexibility index (Phi) is 5.90. The first-order valence-corrected chi connectivity index (χ1v) is 8.03. The maximum absolute atomic E-state index is 12.0. The lowest BCUT2D eigenvalue weighted by atomic mass is 9.82. The van der Waals surface area contributed by atoms with E-state index in [9.17, 15) is 18.0 Å². The highest BCUT2D eigenvalue weighted by molar-refractivity contribution is 5.75. The number of carbonyl (C=O) groups is 1. The van der Waals surface area contributed by atoms with Crippen molar-refractivity contribution in [2.75, 3.05) is 19.6 Å². The first-order valence-electron chi connectivity index (χ1n) is 8.03. The predicted molar refractivity (Wildman–Crippen MR) is 74.9 cm³/mol. The smallest absolute Gasteiger partial charge is 0.356 e. The Morgan fingerprint density at radius 3 is 2.67 bits per heavy atom. The van der Waals surface area contributed by atoms with Crippen LogP contribution in [0.25, 0.3) is 0 Å². The molecule has 2 rings (SSSR count). The van der Waals surface area contributed by atoms with E-state index in [1.807, 2.05) is 0 Å². The molecule has 6 heteroatoms. The number of hydrogen-bond donors (Lipinski definition) is 1. The van der Waals surface area contributed by atoms with Crippen LogP contribution in [0.3, 0.4) is 0 Å². The van der Waals surface area contributed by atoms with E-state index in [4.69, 9.17) is 0 Å². The number of halogens is 3. The van der Waals surface area contributed by atoms with Crippen LogP contribution in [0.4, 0.5) is 13.2 Å². The van der Waals surface area contributed by atoms with E-state index in [1.165, 1.54) is 45.2 Å². The summed E-state index contributed by atoms with van der Waals surface area (Å²) in [4.78, 5) is 14.0. The van der Waals surface area contributed by atoms with Crippen molar-refractivity contribution < 1.29 is 18.0 Å². The van der Waals surface area contributed by atoms with Crippen LogP contribution in [0.1, 0.15) is 51.4 Å². The average Bonchev–Trinajstić information content (AvgIpc) is 2.45. The number of piperidine rings is 2. The minimum absolute atomic E-state index is 0.455. The highest BCUT2D eigenvalue weighted by atomic mass is 19.4. The Morgan fingerprint density at radius 1 is 1.14 bits per heavy atom. The quantitative estimate of drug-likeness (QED) is 0.846. The Hall–Kier alpha value is -0.780. The molecule has 2 aliphatic rings. The van der Waals surface area contributed by atoms with E-state index in [0.29, 0.717) is 18.5 Å². The zero-order valence-electron chi connectivity index (χ0n) is 12.4. The normalized spacial score (nSPS) is 27.2. The number of rotatable bonds is 5. The minimum Gasteiger partial charge on any atom is -0.356 e. The average molecular weight is 306 g/mol. The number of nitrogens with one attached hydrogen (secondary N) is 1. The molecule has 2 saturated heterocycles. The van der Waals surface area contributed by atoms with Crippen LogP contribution >= 0.6 is 0 Å². The fraction of sp³-hybridized carbons (Fsp3) is 0.933. The van der Waals surface area contributed by atoms with Gasteiger partial charge >= 0.3 is 6.18 Å². The molecule has 0 aromatic rings. The summed E-state index contributed by atoms with van der Waals surface area (Å²) >= 11 is 0. The molecule has 2 atom stereocenters. The molecule has 0 bridgehead atoms. The van der Waals surface area contributed by atoms with Crippen molar-refractivity contribution in [3.63, 3.8) is 0 Å². The Bertz CT molecular complexity index is 344. The van der Waals surface area contributed by atoms with Gasteiger partial charge in [0.1, 0.15) is 0 Å². The third-order valence-electron chi connectivity index (χ3n) is 4.70. The van der Waals surface area contributed by atoms with Crippen LogP contribution in [0.5, 0.6) is 0 Å². The number of amides is 1. The molecule has 0 spiro atoms. The number of fused-ring (bicyclic) bond motifs is 1. The monoisotopic (exact) mass is 306 g/mol. The van der Waals surface area contributed by atoms with Gasteiger partial charge in [-0.3, -0.25) is 4.79 Å². The summed E-state index contributed by atoms with van der Waals surface area (Å²) in [7, 11) is 0. The van der Waals surface area contributed by atoms with Crippen molar-refractivity contribution in [1.82, 2.24) is 10.2 Å². The first-order chi connectivity index (χ1) is 9.96. The number of nitrogens with zero attached hydrogens (tertiary/aromatic N) is 1. The van der Waals surface area contributed by atoms with Crippen molar-refractivity contribution in [3.05, 3.63) is 0 Å². The molecule has 122 valence electrons. The zero-order chi connectivity index (χ0) is 15.3. The van der Waals surface area contributed by atoms with Gasteiger partial charge in [-0.05, 0) is 51.1 Å². The van der Waals surface area contributed by atoms with E-state index in [1.54, 1.807) is 0 Å². The topological polar surface area (TPSA) is 32.3 Å². The second kappa shape index (κ2) is 7.47. The van der Waals surface area contributed by atoms with Crippen molar-refractivity contribution in [2.24, 2.45) is 5.92 Å². The Balaban J connectivity index is 1.66. The van der Waals surface area contributed by atoms with Gasteiger partial charge in [0.25, 0.3) is 0 Å². The lowest BCUT2D eigenvalue weighted by Gasteiger charge is -2.44. The second-order valence-corrected chi connectivity index (χ2v) is 6.26. The summed E-state index contributed by atoms with van der Waals surface area (Å²) in [6.45, 7) is 2.86. The molecule has 2 aliphatic heterocycles. The van der Waals surface area contributed by atoms with Crippen LogP contribution < -0.4 is 5.32 Å². The van der Waals surface area contributed by atoms with Gasteiger partial charge < -0.3 is 10.2 Å². The van der Waals surface area contributed by atoms with Gasteiger partial charge in [-0.25, -0.2) is 0 Å². The van der Waals surface area contributed by atoms with Crippen LogP contribution in [-0.4, -0.2) is 42.7 Å². The minimum atomic E-state index is -4.25. The van der Waals surface area contributed by atoms with Gasteiger partial charge in [-0.15, -0.1) is 0 Å². The van der Waals surface area contributed by atoms with Gasteiger partial charge in [-0.2, -0.15) is 13.2 Å². The summed E-state index contributed by atoms with van der Waals surface area (Å²) < 4.78 is 36.1. The fourth-order valence-electron chi connectivity index (χ4n) is 3.65. The molecule has 2 fully saturated rings. The molecule has 0 saturated carbocycles. The molecule has 0 aromatic heterocycles. The second-order valence-electron chi connectivity index (χ2n) is 6.26. The summed E-state index contributed by atoms with van der Waals surface area (Å²) in [6, 6.07) is 0.625. The molecule has 0 aromatic carbocycles.